The normalized spacial score (nSPS) is 15.3. The van der Waals surface area contributed by atoms with Gasteiger partial charge in [-0.25, -0.2) is 9.80 Å². The van der Waals surface area contributed by atoms with Crippen LogP contribution in [0.15, 0.2) is 102 Å². The first-order chi connectivity index (χ1) is 16.2. The van der Waals surface area contributed by atoms with Crippen molar-refractivity contribution in [2.45, 2.75) is 12.5 Å². The minimum absolute atomic E-state index is 0.264. The lowest BCUT2D eigenvalue weighted by Crippen LogP contribution is -2.31. The van der Waals surface area contributed by atoms with Gasteiger partial charge in [-0.15, -0.1) is 0 Å². The minimum Gasteiger partial charge on any atom is -0.452 e. The van der Waals surface area contributed by atoms with Crippen molar-refractivity contribution >= 4 is 28.4 Å². The van der Waals surface area contributed by atoms with Crippen LogP contribution >= 0.6 is 0 Å². The zero-order chi connectivity index (χ0) is 22.6. The van der Waals surface area contributed by atoms with Crippen molar-refractivity contribution < 1.29 is 14.3 Å². The molecule has 0 unspecified atom stereocenters. The fourth-order valence-corrected chi connectivity index (χ4v) is 3.98. The molecular weight excluding hydrogens is 414 g/mol. The average molecular weight is 435 g/mol. The Morgan fingerprint density at radius 1 is 0.879 bits per heavy atom. The maximum atomic E-state index is 13.1. The van der Waals surface area contributed by atoms with E-state index in [0.29, 0.717) is 12.0 Å². The summed E-state index contributed by atoms with van der Waals surface area (Å²) >= 11 is 0. The van der Waals surface area contributed by atoms with E-state index in [-0.39, 0.29) is 18.6 Å². The van der Waals surface area contributed by atoms with Crippen LogP contribution in [-0.4, -0.2) is 34.2 Å². The number of rotatable bonds is 5. The van der Waals surface area contributed by atoms with Gasteiger partial charge in [0, 0.05) is 18.8 Å². The van der Waals surface area contributed by atoms with Gasteiger partial charge in [0.1, 0.15) is 0 Å². The smallest absolute Gasteiger partial charge is 0.338 e. The van der Waals surface area contributed by atoms with Crippen molar-refractivity contribution in [3.05, 3.63) is 114 Å². The second kappa shape index (κ2) is 9.04. The van der Waals surface area contributed by atoms with Crippen LogP contribution in [0, 0.1) is 0 Å². The van der Waals surface area contributed by atoms with Gasteiger partial charge < -0.3 is 4.74 Å². The summed E-state index contributed by atoms with van der Waals surface area (Å²) in [6.07, 6.45) is 3.58. The van der Waals surface area contributed by atoms with Gasteiger partial charge in [0.05, 0.1) is 17.3 Å². The Morgan fingerprint density at radius 3 is 2.39 bits per heavy atom. The Bertz CT molecular complexity index is 1340. The standard InChI is InChI=1S/C27H21N3O3/c31-26(18-33-27(32)21-12-14-28-15-13-21)30-25(20-7-2-1-3-8-20)17-24(29-30)23-11-10-19-6-4-5-9-22(19)16-23/h1-16,25H,17-18H2/t25-/m0/s1. The minimum atomic E-state index is -0.569. The Labute approximate surface area is 191 Å². The number of nitrogens with zero attached hydrogens (tertiary/aromatic N) is 3. The number of ether oxygens (including phenoxy) is 1. The van der Waals surface area contributed by atoms with Crippen LogP contribution in [0.2, 0.25) is 0 Å². The van der Waals surface area contributed by atoms with Crippen LogP contribution in [0.4, 0.5) is 0 Å². The molecule has 0 N–H and O–H groups in total. The van der Waals surface area contributed by atoms with Gasteiger partial charge in [-0.05, 0) is 40.1 Å². The maximum Gasteiger partial charge on any atom is 0.338 e. The van der Waals surface area contributed by atoms with E-state index in [9.17, 15) is 9.59 Å². The molecule has 2 heterocycles. The van der Waals surface area contributed by atoms with Crippen molar-refractivity contribution in [3.63, 3.8) is 0 Å². The van der Waals surface area contributed by atoms with Crippen LogP contribution in [0.1, 0.15) is 33.9 Å². The molecule has 162 valence electrons. The fraction of sp³-hybridized carbons (Fsp3) is 0.111. The van der Waals surface area contributed by atoms with Gasteiger partial charge in [0.15, 0.2) is 6.61 Å². The number of esters is 1. The largest absolute Gasteiger partial charge is 0.452 e. The number of fused-ring (bicyclic) bond motifs is 1. The second-order valence-corrected chi connectivity index (χ2v) is 7.79. The van der Waals surface area contributed by atoms with Crippen LogP contribution in [-0.2, 0) is 9.53 Å². The zero-order valence-electron chi connectivity index (χ0n) is 17.8. The van der Waals surface area contributed by atoms with E-state index < -0.39 is 5.97 Å². The Kier molecular flexibility index (Phi) is 5.64. The number of benzene rings is 3. The van der Waals surface area contributed by atoms with Crippen molar-refractivity contribution in [2.75, 3.05) is 6.61 Å². The highest BCUT2D eigenvalue weighted by atomic mass is 16.5. The van der Waals surface area contributed by atoms with Gasteiger partial charge in [-0.2, -0.15) is 5.10 Å². The first-order valence-electron chi connectivity index (χ1n) is 10.7. The molecule has 0 spiro atoms. The summed E-state index contributed by atoms with van der Waals surface area (Å²) in [4.78, 5) is 29.2. The number of carbonyl (C=O) groups is 2. The zero-order valence-corrected chi connectivity index (χ0v) is 17.8. The number of pyridine rings is 1. The first kappa shape index (κ1) is 20.6. The quantitative estimate of drug-likeness (QED) is 0.424. The maximum absolute atomic E-state index is 13.1. The molecule has 5 rings (SSSR count). The molecule has 33 heavy (non-hydrogen) atoms. The molecule has 1 aromatic heterocycles. The highest BCUT2D eigenvalue weighted by molar-refractivity contribution is 6.05. The third-order valence-corrected chi connectivity index (χ3v) is 5.68. The van der Waals surface area contributed by atoms with Crippen LogP contribution < -0.4 is 0 Å². The summed E-state index contributed by atoms with van der Waals surface area (Å²) in [5.41, 5.74) is 3.12. The molecule has 3 aromatic carbocycles. The first-order valence-corrected chi connectivity index (χ1v) is 10.7. The van der Waals surface area contributed by atoms with Gasteiger partial charge in [-0.3, -0.25) is 9.78 Å². The molecule has 0 fully saturated rings. The van der Waals surface area contributed by atoms with E-state index >= 15 is 0 Å². The summed E-state index contributed by atoms with van der Waals surface area (Å²) in [7, 11) is 0. The molecule has 1 aliphatic rings. The average Bonchev–Trinajstić information content (AvgIpc) is 3.33. The lowest BCUT2D eigenvalue weighted by Gasteiger charge is -2.21. The predicted molar refractivity (Wildman–Crippen MR) is 126 cm³/mol. The van der Waals surface area contributed by atoms with Crippen LogP contribution in [0.25, 0.3) is 10.8 Å². The molecule has 1 atom stereocenters. The third kappa shape index (κ3) is 4.36. The third-order valence-electron chi connectivity index (χ3n) is 5.68. The molecule has 0 aliphatic carbocycles. The summed E-state index contributed by atoms with van der Waals surface area (Å²) in [6.45, 7) is -0.390. The lowest BCUT2D eigenvalue weighted by molar-refractivity contribution is -0.136. The molecule has 0 saturated heterocycles. The van der Waals surface area contributed by atoms with Crippen molar-refractivity contribution in [3.8, 4) is 0 Å². The van der Waals surface area contributed by atoms with Crippen molar-refractivity contribution in [2.24, 2.45) is 5.10 Å². The number of hydrazone groups is 1. The number of carbonyl (C=O) groups excluding carboxylic acids is 2. The molecule has 6 heteroatoms. The van der Waals surface area contributed by atoms with Gasteiger partial charge in [0.2, 0.25) is 0 Å². The topological polar surface area (TPSA) is 71.9 Å². The molecular formula is C27H21N3O3. The number of aromatic nitrogens is 1. The highest BCUT2D eigenvalue weighted by Crippen LogP contribution is 2.33. The number of amides is 1. The SMILES string of the molecule is O=C(OCC(=O)N1N=C(c2ccc3ccccc3c2)C[C@H]1c1ccccc1)c1ccncc1. The molecule has 0 saturated carbocycles. The summed E-state index contributed by atoms with van der Waals surface area (Å²) in [5, 5.41) is 8.38. The number of hydrogen-bond acceptors (Lipinski definition) is 5. The molecule has 1 aliphatic heterocycles. The van der Waals surface area contributed by atoms with E-state index in [1.165, 1.54) is 17.4 Å². The van der Waals surface area contributed by atoms with E-state index in [0.717, 1.165) is 27.6 Å². The molecule has 0 radical (unpaired) electrons. The van der Waals surface area contributed by atoms with Gasteiger partial charge in [-0.1, -0.05) is 66.7 Å². The van der Waals surface area contributed by atoms with Crippen LogP contribution in [0.3, 0.4) is 0 Å². The Hall–Kier alpha value is -4.32. The second-order valence-electron chi connectivity index (χ2n) is 7.79. The van der Waals surface area contributed by atoms with E-state index in [1.54, 1.807) is 12.1 Å². The van der Waals surface area contributed by atoms with Crippen LogP contribution in [0.5, 0.6) is 0 Å². The van der Waals surface area contributed by atoms with Gasteiger partial charge >= 0.3 is 5.97 Å². The number of hydrogen-bond donors (Lipinski definition) is 0. The monoisotopic (exact) mass is 435 g/mol. The highest BCUT2D eigenvalue weighted by Gasteiger charge is 2.33. The van der Waals surface area contributed by atoms with Gasteiger partial charge in [0.25, 0.3) is 5.91 Å². The van der Waals surface area contributed by atoms with E-state index in [2.05, 4.69) is 34.4 Å². The molecule has 6 nitrogen and oxygen atoms in total. The summed E-state index contributed by atoms with van der Waals surface area (Å²) < 4.78 is 5.26. The molecule has 4 aromatic rings. The predicted octanol–water partition coefficient (Wildman–Crippen LogP) is 4.77. The Balaban J connectivity index is 1.40. The lowest BCUT2D eigenvalue weighted by atomic mass is 9.97. The fourth-order valence-electron chi connectivity index (χ4n) is 3.98. The van der Waals surface area contributed by atoms with E-state index in [4.69, 9.17) is 4.74 Å². The molecule has 1 amide bonds. The van der Waals surface area contributed by atoms with Crippen molar-refractivity contribution in [1.29, 1.82) is 0 Å². The van der Waals surface area contributed by atoms with E-state index in [1.807, 2.05) is 48.5 Å². The van der Waals surface area contributed by atoms with Crippen molar-refractivity contribution in [1.82, 2.24) is 9.99 Å². The molecule has 0 bridgehead atoms. The summed E-state index contributed by atoms with van der Waals surface area (Å²) in [5.74, 6) is -0.943. The summed E-state index contributed by atoms with van der Waals surface area (Å²) in [6, 6.07) is 26.9. The Morgan fingerprint density at radius 2 is 1.61 bits per heavy atom.